The Morgan fingerprint density at radius 3 is 2.61 bits per heavy atom. The third-order valence-electron chi connectivity index (χ3n) is 4.29. The van der Waals surface area contributed by atoms with Gasteiger partial charge in [0, 0.05) is 10.5 Å². The van der Waals surface area contributed by atoms with Crippen LogP contribution in [0.4, 0.5) is 0 Å². The molecule has 0 spiro atoms. The number of nitrogens with zero attached hydrogens (tertiary/aromatic N) is 2. The van der Waals surface area contributed by atoms with Crippen LogP contribution < -0.4 is 4.80 Å². The van der Waals surface area contributed by atoms with Crippen molar-refractivity contribution in [1.29, 1.82) is 0 Å². The highest BCUT2D eigenvalue weighted by Crippen LogP contribution is 2.21. The van der Waals surface area contributed by atoms with Crippen molar-refractivity contribution in [2.45, 2.75) is 25.3 Å². The zero-order valence-corrected chi connectivity index (χ0v) is 19.0. The summed E-state index contributed by atoms with van der Waals surface area (Å²) in [4.78, 5) is 42.5. The van der Waals surface area contributed by atoms with Crippen LogP contribution >= 0.6 is 23.1 Å². The lowest BCUT2D eigenvalue weighted by molar-refractivity contribution is -0.143. The molecule has 1 amide bonds. The number of hydrogen-bond acceptors (Lipinski definition) is 7. The second-order valence-corrected chi connectivity index (χ2v) is 8.67. The molecule has 1 aromatic heterocycles. The molecule has 0 atom stereocenters. The molecular weight excluding hydrogens is 436 g/mol. The van der Waals surface area contributed by atoms with Gasteiger partial charge in [0.15, 0.2) is 4.80 Å². The van der Waals surface area contributed by atoms with Crippen molar-refractivity contribution in [2.75, 3.05) is 19.5 Å². The van der Waals surface area contributed by atoms with Gasteiger partial charge in [0.05, 0.1) is 29.5 Å². The molecule has 0 saturated carbocycles. The number of thiazole rings is 1. The molecule has 0 N–H and O–H groups in total. The number of benzene rings is 2. The van der Waals surface area contributed by atoms with Crippen LogP contribution in [-0.4, -0.2) is 41.9 Å². The zero-order valence-electron chi connectivity index (χ0n) is 17.4. The van der Waals surface area contributed by atoms with Crippen molar-refractivity contribution in [3.05, 3.63) is 58.4 Å². The first-order valence-corrected chi connectivity index (χ1v) is 11.5. The van der Waals surface area contributed by atoms with Crippen LogP contribution in [0.1, 0.15) is 34.6 Å². The van der Waals surface area contributed by atoms with Gasteiger partial charge in [0.2, 0.25) is 0 Å². The van der Waals surface area contributed by atoms with E-state index >= 15 is 0 Å². The summed E-state index contributed by atoms with van der Waals surface area (Å²) >= 11 is 2.86. The molecule has 162 valence electrons. The summed E-state index contributed by atoms with van der Waals surface area (Å²) in [7, 11) is 1.31. The monoisotopic (exact) mass is 458 g/mol. The molecular formula is C22H22N2O5S2. The standard InChI is InChI=1S/C22H22N2O5S2/c1-4-29-19(25)13-24-17-10-9-15(21(27)28-3)12-18(17)31-22(24)23-20(26)14-7-6-8-16(11-14)30-5-2/h6-12H,4-5,13H2,1-3H3. The second-order valence-electron chi connectivity index (χ2n) is 6.33. The number of hydrogen-bond donors (Lipinski definition) is 0. The van der Waals surface area contributed by atoms with Gasteiger partial charge in [-0.3, -0.25) is 9.59 Å². The maximum absolute atomic E-state index is 12.9. The van der Waals surface area contributed by atoms with E-state index in [0.29, 0.717) is 26.1 Å². The van der Waals surface area contributed by atoms with Crippen molar-refractivity contribution < 1.29 is 23.9 Å². The van der Waals surface area contributed by atoms with E-state index in [1.807, 2.05) is 19.1 Å². The van der Waals surface area contributed by atoms with E-state index in [1.165, 1.54) is 18.4 Å². The quantitative estimate of drug-likeness (QED) is 0.394. The molecule has 3 rings (SSSR count). The maximum Gasteiger partial charge on any atom is 0.337 e. The van der Waals surface area contributed by atoms with E-state index < -0.39 is 17.8 Å². The van der Waals surface area contributed by atoms with Gasteiger partial charge in [-0.2, -0.15) is 4.99 Å². The Hall–Kier alpha value is -2.91. The number of fused-ring (bicyclic) bond motifs is 1. The molecule has 9 heteroatoms. The van der Waals surface area contributed by atoms with E-state index in [1.54, 1.807) is 53.6 Å². The zero-order chi connectivity index (χ0) is 22.4. The third kappa shape index (κ3) is 5.42. The van der Waals surface area contributed by atoms with Crippen molar-refractivity contribution in [2.24, 2.45) is 4.99 Å². The second kappa shape index (κ2) is 10.4. The predicted molar refractivity (Wildman–Crippen MR) is 121 cm³/mol. The first kappa shape index (κ1) is 22.8. The Labute approximate surface area is 187 Å². The van der Waals surface area contributed by atoms with Gasteiger partial charge in [-0.1, -0.05) is 24.3 Å². The number of carbonyl (C=O) groups excluding carboxylic acids is 3. The normalized spacial score (nSPS) is 11.5. The van der Waals surface area contributed by atoms with Gasteiger partial charge in [-0.05, 0) is 49.1 Å². The van der Waals surface area contributed by atoms with Crippen LogP contribution in [0, 0.1) is 0 Å². The van der Waals surface area contributed by atoms with Gasteiger partial charge >= 0.3 is 11.9 Å². The van der Waals surface area contributed by atoms with Gasteiger partial charge in [0.1, 0.15) is 6.54 Å². The minimum Gasteiger partial charge on any atom is -0.465 e. The van der Waals surface area contributed by atoms with Gasteiger partial charge in [0.25, 0.3) is 5.91 Å². The molecule has 0 aliphatic rings. The lowest BCUT2D eigenvalue weighted by atomic mass is 10.2. The topological polar surface area (TPSA) is 87.0 Å². The molecule has 1 heterocycles. The highest BCUT2D eigenvalue weighted by molar-refractivity contribution is 7.99. The fraction of sp³-hybridized carbons (Fsp3) is 0.273. The number of ether oxygens (including phenoxy) is 2. The molecule has 3 aromatic rings. The van der Waals surface area contributed by atoms with E-state index in [4.69, 9.17) is 9.47 Å². The lowest BCUT2D eigenvalue weighted by Gasteiger charge is -2.06. The molecule has 0 aliphatic carbocycles. The fourth-order valence-corrected chi connectivity index (χ4v) is 4.71. The summed E-state index contributed by atoms with van der Waals surface area (Å²) in [6.07, 6.45) is 0. The Morgan fingerprint density at radius 2 is 1.90 bits per heavy atom. The number of esters is 2. The van der Waals surface area contributed by atoms with Crippen LogP contribution in [0.5, 0.6) is 0 Å². The number of aromatic nitrogens is 1. The molecule has 0 fully saturated rings. The first-order chi connectivity index (χ1) is 15.0. The average molecular weight is 459 g/mol. The SMILES string of the molecule is CCOC(=O)Cn1c(=NC(=O)c2cccc(SCC)c2)sc2cc(C(=O)OC)ccc21. The van der Waals surface area contributed by atoms with Crippen LogP contribution in [0.15, 0.2) is 52.4 Å². The first-order valence-electron chi connectivity index (χ1n) is 9.66. The predicted octanol–water partition coefficient (Wildman–Crippen LogP) is 3.91. The van der Waals surface area contributed by atoms with Crippen LogP contribution in [0.3, 0.4) is 0 Å². The highest BCUT2D eigenvalue weighted by atomic mass is 32.2. The number of rotatable bonds is 7. The molecule has 2 aromatic carbocycles. The van der Waals surface area contributed by atoms with Crippen LogP contribution in [0.2, 0.25) is 0 Å². The number of carbonyl (C=O) groups is 3. The fourth-order valence-electron chi connectivity index (χ4n) is 2.93. The van der Waals surface area contributed by atoms with Crippen LogP contribution in [-0.2, 0) is 20.8 Å². The Balaban J connectivity index is 2.09. The third-order valence-corrected chi connectivity index (χ3v) is 6.20. The molecule has 7 nitrogen and oxygen atoms in total. The summed E-state index contributed by atoms with van der Waals surface area (Å²) in [6.45, 7) is 3.93. The molecule has 0 saturated heterocycles. The van der Waals surface area contributed by atoms with Crippen molar-refractivity contribution in [1.82, 2.24) is 4.57 Å². The minimum atomic E-state index is -0.466. The van der Waals surface area contributed by atoms with E-state index in [-0.39, 0.29) is 13.2 Å². The summed E-state index contributed by atoms with van der Waals surface area (Å²) in [5.74, 6) is -0.412. The van der Waals surface area contributed by atoms with Gasteiger partial charge in [-0.15, -0.1) is 11.8 Å². The van der Waals surface area contributed by atoms with Crippen LogP contribution in [0.25, 0.3) is 10.2 Å². The van der Waals surface area contributed by atoms with Crippen molar-refractivity contribution >= 4 is 51.2 Å². The van der Waals surface area contributed by atoms with E-state index in [2.05, 4.69) is 4.99 Å². The summed E-state index contributed by atoms with van der Waals surface area (Å²) < 4.78 is 12.2. The Kier molecular flexibility index (Phi) is 7.64. The van der Waals surface area contributed by atoms with E-state index in [0.717, 1.165) is 10.6 Å². The number of methoxy groups -OCH3 is 1. The van der Waals surface area contributed by atoms with E-state index in [9.17, 15) is 14.4 Å². The molecule has 31 heavy (non-hydrogen) atoms. The molecule has 0 unspecified atom stereocenters. The van der Waals surface area contributed by atoms with Crippen molar-refractivity contribution in [3.8, 4) is 0 Å². The Morgan fingerprint density at radius 1 is 1.10 bits per heavy atom. The number of amides is 1. The lowest BCUT2D eigenvalue weighted by Crippen LogP contribution is -2.23. The Bertz CT molecular complexity index is 1200. The maximum atomic E-state index is 12.9. The number of thioether (sulfide) groups is 1. The molecule has 0 radical (unpaired) electrons. The summed E-state index contributed by atoms with van der Waals surface area (Å²) in [6, 6.07) is 12.3. The molecule has 0 aliphatic heterocycles. The largest absolute Gasteiger partial charge is 0.465 e. The summed E-state index contributed by atoms with van der Waals surface area (Å²) in [5.41, 5.74) is 1.52. The average Bonchev–Trinajstić information content (AvgIpc) is 3.09. The minimum absolute atomic E-state index is 0.0940. The van der Waals surface area contributed by atoms with Gasteiger partial charge in [-0.25, -0.2) is 4.79 Å². The van der Waals surface area contributed by atoms with Crippen molar-refractivity contribution in [3.63, 3.8) is 0 Å². The molecule has 0 bridgehead atoms. The van der Waals surface area contributed by atoms with Gasteiger partial charge < -0.3 is 14.0 Å². The summed E-state index contributed by atoms with van der Waals surface area (Å²) in [5, 5.41) is 0. The highest BCUT2D eigenvalue weighted by Gasteiger charge is 2.15. The smallest absolute Gasteiger partial charge is 0.337 e.